The van der Waals surface area contributed by atoms with Crippen LogP contribution in [0.2, 0.25) is 0 Å². The van der Waals surface area contributed by atoms with E-state index in [1.165, 1.54) is 0 Å². The van der Waals surface area contributed by atoms with Gasteiger partial charge in [0, 0.05) is 35.9 Å². The number of ether oxygens (including phenoxy) is 4. The Labute approximate surface area is 193 Å². The molecule has 7 heteroatoms. The summed E-state index contributed by atoms with van der Waals surface area (Å²) in [7, 11) is 0. The van der Waals surface area contributed by atoms with E-state index < -0.39 is 0 Å². The van der Waals surface area contributed by atoms with Gasteiger partial charge >= 0.3 is 0 Å². The Balaban J connectivity index is 1.50. The maximum atomic E-state index is 6.38. The monoisotopic (exact) mass is 445 g/mol. The fraction of sp³-hybridized carbons (Fsp3) is 0.385. The quantitative estimate of drug-likeness (QED) is 0.561. The molecule has 170 valence electrons. The lowest BCUT2D eigenvalue weighted by molar-refractivity contribution is -0.00422. The molecule has 5 rings (SSSR count). The Bertz CT molecular complexity index is 1150. The second-order valence-corrected chi connectivity index (χ2v) is 8.30. The van der Waals surface area contributed by atoms with Gasteiger partial charge in [0.15, 0.2) is 11.5 Å². The van der Waals surface area contributed by atoms with Crippen molar-refractivity contribution >= 4 is 22.4 Å². The van der Waals surface area contributed by atoms with Gasteiger partial charge in [0.25, 0.3) is 0 Å². The van der Waals surface area contributed by atoms with E-state index in [0.717, 1.165) is 61.1 Å². The second-order valence-electron chi connectivity index (χ2n) is 8.30. The standard InChI is InChI=1S/C26H27N3O4/c1-2-18-6-3-7-19(12-18)29-26-22-13-24(32-20-8-4-10-30-15-20)25(14-23(22)27-17-28-26)33-21-9-5-11-31-16-21/h1,3,6-7,12-14,17,20-21H,4-5,8-11,15-16H2,(H,27,28,29). The van der Waals surface area contributed by atoms with Crippen LogP contribution in [-0.2, 0) is 9.47 Å². The molecule has 33 heavy (non-hydrogen) atoms. The summed E-state index contributed by atoms with van der Waals surface area (Å²) in [6.07, 6.45) is 10.9. The summed E-state index contributed by atoms with van der Waals surface area (Å²) in [5.74, 6) is 4.67. The Morgan fingerprint density at radius 3 is 2.33 bits per heavy atom. The fourth-order valence-corrected chi connectivity index (χ4v) is 4.14. The molecule has 0 radical (unpaired) electrons. The highest BCUT2D eigenvalue weighted by Gasteiger charge is 2.22. The smallest absolute Gasteiger partial charge is 0.163 e. The molecule has 2 aliphatic rings. The van der Waals surface area contributed by atoms with Gasteiger partial charge in [-0.2, -0.15) is 0 Å². The SMILES string of the molecule is C#Cc1cccc(Nc2ncnc3cc(OC4CCCOC4)c(OC4CCCOC4)cc23)c1. The van der Waals surface area contributed by atoms with Gasteiger partial charge in [-0.25, -0.2) is 9.97 Å². The summed E-state index contributed by atoms with van der Waals surface area (Å²) in [4.78, 5) is 8.96. The molecule has 2 aromatic carbocycles. The topological polar surface area (TPSA) is 74.7 Å². The zero-order valence-electron chi connectivity index (χ0n) is 18.5. The number of hydrogen-bond acceptors (Lipinski definition) is 7. The Morgan fingerprint density at radius 2 is 1.67 bits per heavy atom. The molecule has 2 atom stereocenters. The predicted molar refractivity (Wildman–Crippen MR) is 126 cm³/mol. The average molecular weight is 446 g/mol. The highest BCUT2D eigenvalue weighted by molar-refractivity contribution is 5.93. The number of fused-ring (bicyclic) bond motifs is 1. The third-order valence-electron chi connectivity index (χ3n) is 5.82. The van der Waals surface area contributed by atoms with Crippen molar-refractivity contribution in [1.82, 2.24) is 9.97 Å². The third-order valence-corrected chi connectivity index (χ3v) is 5.82. The van der Waals surface area contributed by atoms with E-state index in [2.05, 4.69) is 21.2 Å². The number of terminal acetylenes is 1. The molecule has 2 saturated heterocycles. The van der Waals surface area contributed by atoms with Crippen LogP contribution in [0.1, 0.15) is 31.2 Å². The van der Waals surface area contributed by atoms with Crippen molar-refractivity contribution in [2.24, 2.45) is 0 Å². The predicted octanol–water partition coefficient (Wildman–Crippen LogP) is 4.47. The number of rotatable bonds is 6. The molecular weight excluding hydrogens is 418 g/mol. The minimum Gasteiger partial charge on any atom is -0.484 e. The number of hydrogen-bond donors (Lipinski definition) is 1. The van der Waals surface area contributed by atoms with Crippen LogP contribution in [0.3, 0.4) is 0 Å². The van der Waals surface area contributed by atoms with Gasteiger partial charge in [-0.05, 0) is 49.9 Å². The van der Waals surface area contributed by atoms with E-state index in [0.29, 0.717) is 30.5 Å². The summed E-state index contributed by atoms with van der Waals surface area (Å²) in [5.41, 5.74) is 2.41. The van der Waals surface area contributed by atoms with Crippen LogP contribution in [0.5, 0.6) is 11.5 Å². The molecule has 1 N–H and O–H groups in total. The van der Waals surface area contributed by atoms with Crippen LogP contribution in [0.15, 0.2) is 42.7 Å². The van der Waals surface area contributed by atoms with Crippen molar-refractivity contribution in [2.75, 3.05) is 31.7 Å². The molecule has 0 amide bonds. The summed E-state index contributed by atoms with van der Waals surface area (Å²) in [6.45, 7) is 2.70. The maximum absolute atomic E-state index is 6.38. The molecule has 0 bridgehead atoms. The van der Waals surface area contributed by atoms with Gasteiger partial charge in [0.1, 0.15) is 24.4 Å². The van der Waals surface area contributed by atoms with Crippen LogP contribution in [-0.4, -0.2) is 48.6 Å². The van der Waals surface area contributed by atoms with E-state index >= 15 is 0 Å². The molecule has 1 aromatic heterocycles. The molecule has 0 saturated carbocycles. The van der Waals surface area contributed by atoms with Crippen LogP contribution in [0.25, 0.3) is 10.9 Å². The van der Waals surface area contributed by atoms with E-state index in [4.69, 9.17) is 25.4 Å². The van der Waals surface area contributed by atoms with Gasteiger partial charge in [-0.1, -0.05) is 12.0 Å². The normalized spacial score (nSPS) is 20.7. The number of benzene rings is 2. The number of nitrogens with one attached hydrogen (secondary N) is 1. The summed E-state index contributed by atoms with van der Waals surface area (Å²) in [6, 6.07) is 11.5. The Kier molecular flexibility index (Phi) is 6.56. The van der Waals surface area contributed by atoms with Gasteiger partial charge in [-0.3, -0.25) is 0 Å². The van der Waals surface area contributed by atoms with E-state index in [1.807, 2.05) is 36.4 Å². The number of anilines is 2. The largest absolute Gasteiger partial charge is 0.484 e. The second kappa shape index (κ2) is 10.1. The molecule has 2 aliphatic heterocycles. The van der Waals surface area contributed by atoms with Gasteiger partial charge < -0.3 is 24.3 Å². The minimum atomic E-state index is -0.0190. The molecule has 2 fully saturated rings. The number of aromatic nitrogens is 2. The van der Waals surface area contributed by atoms with Crippen molar-refractivity contribution in [2.45, 2.75) is 37.9 Å². The summed E-state index contributed by atoms with van der Waals surface area (Å²) >= 11 is 0. The van der Waals surface area contributed by atoms with Gasteiger partial charge in [-0.15, -0.1) is 6.42 Å². The van der Waals surface area contributed by atoms with E-state index in [-0.39, 0.29) is 12.2 Å². The Hall–Kier alpha value is -3.34. The average Bonchev–Trinajstić information content (AvgIpc) is 2.86. The van der Waals surface area contributed by atoms with Crippen molar-refractivity contribution < 1.29 is 18.9 Å². The third kappa shape index (κ3) is 5.19. The summed E-state index contributed by atoms with van der Waals surface area (Å²) < 4.78 is 23.9. The van der Waals surface area contributed by atoms with Crippen LogP contribution in [0.4, 0.5) is 11.5 Å². The summed E-state index contributed by atoms with van der Waals surface area (Å²) in [5, 5.41) is 4.20. The fourth-order valence-electron chi connectivity index (χ4n) is 4.14. The van der Waals surface area contributed by atoms with Crippen molar-refractivity contribution in [3.63, 3.8) is 0 Å². The van der Waals surface area contributed by atoms with Crippen molar-refractivity contribution in [3.8, 4) is 23.8 Å². The Morgan fingerprint density at radius 1 is 0.939 bits per heavy atom. The van der Waals surface area contributed by atoms with Gasteiger partial charge in [0.05, 0.1) is 18.7 Å². The maximum Gasteiger partial charge on any atom is 0.163 e. The first-order valence-electron chi connectivity index (χ1n) is 11.4. The first-order chi connectivity index (χ1) is 16.3. The van der Waals surface area contributed by atoms with E-state index in [1.54, 1.807) is 6.33 Å². The molecule has 3 heterocycles. The van der Waals surface area contributed by atoms with Crippen molar-refractivity contribution in [3.05, 3.63) is 48.3 Å². The first-order valence-corrected chi connectivity index (χ1v) is 11.4. The highest BCUT2D eigenvalue weighted by Crippen LogP contribution is 2.37. The zero-order chi connectivity index (χ0) is 22.5. The van der Waals surface area contributed by atoms with Crippen molar-refractivity contribution in [1.29, 1.82) is 0 Å². The van der Waals surface area contributed by atoms with Crippen LogP contribution in [0, 0.1) is 12.3 Å². The molecular formula is C26H27N3O4. The van der Waals surface area contributed by atoms with E-state index in [9.17, 15) is 0 Å². The molecule has 2 unspecified atom stereocenters. The van der Waals surface area contributed by atoms with Crippen LogP contribution < -0.4 is 14.8 Å². The first kappa shape index (κ1) is 21.5. The molecule has 3 aromatic rings. The van der Waals surface area contributed by atoms with Gasteiger partial charge in [0.2, 0.25) is 0 Å². The molecule has 0 spiro atoms. The number of nitrogens with zero attached hydrogens (tertiary/aromatic N) is 2. The lowest BCUT2D eigenvalue weighted by Crippen LogP contribution is -2.30. The lowest BCUT2D eigenvalue weighted by Gasteiger charge is -2.27. The van der Waals surface area contributed by atoms with Crippen LogP contribution >= 0.6 is 0 Å². The molecule has 0 aliphatic carbocycles. The lowest BCUT2D eigenvalue weighted by atomic mass is 10.1. The highest BCUT2D eigenvalue weighted by atomic mass is 16.6. The minimum absolute atomic E-state index is 0.00732. The zero-order valence-corrected chi connectivity index (χ0v) is 18.5. The molecule has 7 nitrogen and oxygen atoms in total.